The lowest BCUT2D eigenvalue weighted by Gasteiger charge is -2.58. The predicted octanol–water partition coefficient (Wildman–Crippen LogP) is 8.46. The zero-order valence-electron chi connectivity index (χ0n) is 28.5. The maximum absolute atomic E-state index is 9.80. The van der Waals surface area contributed by atoms with Crippen LogP contribution in [0.5, 0.6) is 11.5 Å². The van der Waals surface area contributed by atoms with Crippen molar-refractivity contribution < 1.29 is 29.3 Å². The van der Waals surface area contributed by atoms with E-state index in [0.717, 1.165) is 71.8 Å². The molecule has 8 heteroatoms. The fraction of sp³-hybridized carbons (Fsp3) is 0.439. The average Bonchev–Trinajstić information content (AvgIpc) is 3.12. The number of hydrogen-bond donors (Lipinski definition) is 2. The number of allylic oxidation sites excluding steroid dienone is 1. The summed E-state index contributed by atoms with van der Waals surface area (Å²) in [6.45, 7) is 8.94. The highest BCUT2D eigenvalue weighted by Gasteiger charge is 2.64. The van der Waals surface area contributed by atoms with Crippen LogP contribution in [0.25, 0.3) is 10.8 Å². The molecule has 2 N–H and O–H groups in total. The number of rotatable bonds is 17. The molecule has 1 saturated carbocycles. The van der Waals surface area contributed by atoms with Gasteiger partial charge in [0, 0.05) is 36.0 Å². The number of oxime groups is 1. The molecule has 0 unspecified atom stereocenters. The second-order valence-corrected chi connectivity index (χ2v) is 14.4. The first-order valence-electron chi connectivity index (χ1n) is 17.6. The molecular formula is C41H49NO6S. The lowest BCUT2D eigenvalue weighted by molar-refractivity contribution is -0.223. The SMILES string of the molecule is C=CCOc1ccc2c(c1)[C@H]1[C@H](CCCCO)[C@@H](CCCCO)C=C3C(=NOC)C[C@H](Sc4ccc5ccccc5c4)[C@@](OCC=C)(O2)[C@H]31. The van der Waals surface area contributed by atoms with Gasteiger partial charge >= 0.3 is 0 Å². The van der Waals surface area contributed by atoms with Crippen LogP contribution in [0, 0.1) is 17.8 Å². The number of hydrogen-bond acceptors (Lipinski definition) is 8. The van der Waals surface area contributed by atoms with E-state index in [1.165, 1.54) is 10.8 Å². The van der Waals surface area contributed by atoms with E-state index < -0.39 is 5.79 Å². The van der Waals surface area contributed by atoms with Gasteiger partial charge in [0.05, 0.1) is 23.5 Å². The number of nitrogens with zero attached hydrogens (tertiary/aromatic N) is 1. The molecule has 3 aromatic carbocycles. The smallest absolute Gasteiger partial charge is 0.231 e. The van der Waals surface area contributed by atoms with Gasteiger partial charge in [0.15, 0.2) is 0 Å². The van der Waals surface area contributed by atoms with Crippen LogP contribution in [0.1, 0.15) is 56.4 Å². The van der Waals surface area contributed by atoms with Gasteiger partial charge in [-0.15, -0.1) is 18.3 Å². The molecule has 0 amide bonds. The maximum atomic E-state index is 9.80. The first-order chi connectivity index (χ1) is 24.1. The normalized spacial score (nSPS) is 26.3. The van der Waals surface area contributed by atoms with Gasteiger partial charge in [0.1, 0.15) is 25.2 Å². The third-order valence-electron chi connectivity index (χ3n) is 10.2. The summed E-state index contributed by atoms with van der Waals surface area (Å²) in [6.07, 6.45) is 11.8. The predicted molar refractivity (Wildman–Crippen MR) is 197 cm³/mol. The summed E-state index contributed by atoms with van der Waals surface area (Å²) in [6, 6.07) is 21.1. The first-order valence-corrected chi connectivity index (χ1v) is 18.5. The molecule has 0 aromatic heterocycles. The van der Waals surface area contributed by atoms with Crippen LogP contribution in [-0.4, -0.2) is 60.5 Å². The van der Waals surface area contributed by atoms with Gasteiger partial charge in [-0.25, -0.2) is 0 Å². The molecule has 49 heavy (non-hydrogen) atoms. The van der Waals surface area contributed by atoms with E-state index in [2.05, 4.69) is 72.9 Å². The Hall–Kier alpha value is -3.56. The van der Waals surface area contributed by atoms with Crippen molar-refractivity contribution in [2.24, 2.45) is 22.9 Å². The van der Waals surface area contributed by atoms with Gasteiger partial charge < -0.3 is 29.3 Å². The van der Waals surface area contributed by atoms with E-state index in [4.69, 9.17) is 19.0 Å². The van der Waals surface area contributed by atoms with Crippen LogP contribution < -0.4 is 9.47 Å². The van der Waals surface area contributed by atoms with Crippen molar-refractivity contribution in [2.45, 2.75) is 66.8 Å². The van der Waals surface area contributed by atoms with Crippen molar-refractivity contribution in [3.63, 3.8) is 0 Å². The van der Waals surface area contributed by atoms with Crippen molar-refractivity contribution in [3.05, 3.63) is 103 Å². The first kappa shape index (κ1) is 35.3. The molecule has 6 atom stereocenters. The summed E-state index contributed by atoms with van der Waals surface area (Å²) in [7, 11) is 1.61. The molecule has 1 fully saturated rings. The highest BCUT2D eigenvalue weighted by atomic mass is 32.2. The maximum Gasteiger partial charge on any atom is 0.231 e. The topological polar surface area (TPSA) is 89.7 Å². The van der Waals surface area contributed by atoms with Crippen molar-refractivity contribution in [1.29, 1.82) is 0 Å². The highest BCUT2D eigenvalue weighted by molar-refractivity contribution is 8.00. The number of aliphatic hydroxyl groups excluding tert-OH is 2. The summed E-state index contributed by atoms with van der Waals surface area (Å²) in [5.74, 6) is 0.826. The van der Waals surface area contributed by atoms with Gasteiger partial charge in [-0.3, -0.25) is 0 Å². The molecule has 260 valence electrons. The summed E-state index contributed by atoms with van der Waals surface area (Å²) in [5.41, 5.74) is 3.13. The number of fused-ring (bicyclic) bond motifs is 3. The van der Waals surface area contributed by atoms with E-state index in [1.807, 2.05) is 12.1 Å². The van der Waals surface area contributed by atoms with Crippen molar-refractivity contribution >= 4 is 28.2 Å². The van der Waals surface area contributed by atoms with Crippen molar-refractivity contribution in [3.8, 4) is 11.5 Å². The summed E-state index contributed by atoms with van der Waals surface area (Å²) in [4.78, 5) is 6.68. The molecular weight excluding hydrogens is 635 g/mol. The van der Waals surface area contributed by atoms with Crippen molar-refractivity contribution in [1.82, 2.24) is 0 Å². The number of ether oxygens (including phenoxy) is 3. The minimum absolute atomic E-state index is 0.0146. The third-order valence-corrected chi connectivity index (χ3v) is 11.5. The van der Waals surface area contributed by atoms with E-state index >= 15 is 0 Å². The summed E-state index contributed by atoms with van der Waals surface area (Å²) < 4.78 is 20.3. The zero-order chi connectivity index (χ0) is 34.2. The Morgan fingerprint density at radius 2 is 1.71 bits per heavy atom. The molecule has 6 rings (SSSR count). The summed E-state index contributed by atoms with van der Waals surface area (Å²) >= 11 is 1.77. The Labute approximate surface area is 294 Å². The molecule has 2 aliphatic carbocycles. The molecule has 3 aromatic rings. The average molecular weight is 684 g/mol. The van der Waals surface area contributed by atoms with Gasteiger partial charge in [0.25, 0.3) is 0 Å². The van der Waals surface area contributed by atoms with E-state index in [-0.39, 0.29) is 42.1 Å². The third kappa shape index (κ3) is 7.34. The largest absolute Gasteiger partial charge is 0.490 e. The number of unbranched alkanes of at least 4 members (excludes halogenated alkanes) is 2. The second-order valence-electron chi connectivity index (χ2n) is 13.2. The van der Waals surface area contributed by atoms with Crippen LogP contribution in [0.4, 0.5) is 0 Å². The van der Waals surface area contributed by atoms with Crippen LogP contribution in [-0.2, 0) is 9.57 Å². The molecule has 3 aliphatic rings. The molecule has 0 saturated heterocycles. The molecule has 7 nitrogen and oxygen atoms in total. The number of aliphatic hydroxyl groups is 2. The fourth-order valence-corrected chi connectivity index (χ4v) is 9.52. The Morgan fingerprint density at radius 1 is 0.939 bits per heavy atom. The lowest BCUT2D eigenvalue weighted by atomic mass is 9.56. The molecule has 0 spiro atoms. The fourth-order valence-electron chi connectivity index (χ4n) is 8.18. The zero-order valence-corrected chi connectivity index (χ0v) is 29.3. The van der Waals surface area contributed by atoms with Crippen molar-refractivity contribution in [2.75, 3.05) is 33.5 Å². The highest BCUT2D eigenvalue weighted by Crippen LogP contribution is 2.63. The van der Waals surface area contributed by atoms with Crippen LogP contribution >= 0.6 is 11.8 Å². The second kappa shape index (κ2) is 16.4. The van der Waals surface area contributed by atoms with E-state index in [9.17, 15) is 10.2 Å². The molecule has 1 heterocycles. The Balaban J connectivity index is 1.54. The van der Waals surface area contributed by atoms with E-state index in [1.54, 1.807) is 31.0 Å². The quantitative estimate of drug-likeness (QED) is 0.0839. The standard InChI is InChI=1S/C41H49NO6S/c1-4-22-46-31-17-19-37-35(26-31)39-33(15-9-11-21-44)30(14-8-10-20-43)25-34-36(42-45-3)27-38(41(48-37,40(34)39)47-23-5-2)49-32-18-16-28-12-6-7-13-29(28)24-32/h4-7,12-13,16-19,24-26,30,33,38-40,43-44H,1-2,8-11,14-15,20-23,27H2,3H3/t30-,33+,38-,39+,40+,41+/m0/s1. The molecule has 0 radical (unpaired) electrons. The van der Waals surface area contributed by atoms with Crippen LogP contribution in [0.3, 0.4) is 0 Å². The number of benzene rings is 3. The van der Waals surface area contributed by atoms with Crippen LogP contribution in [0.2, 0.25) is 0 Å². The summed E-state index contributed by atoms with van der Waals surface area (Å²) in [5, 5.41) is 26.4. The van der Waals surface area contributed by atoms with Gasteiger partial charge in [-0.2, -0.15) is 0 Å². The minimum Gasteiger partial charge on any atom is -0.490 e. The lowest BCUT2D eigenvalue weighted by Crippen LogP contribution is -2.64. The molecule has 0 bridgehead atoms. The van der Waals surface area contributed by atoms with Crippen LogP contribution in [0.15, 0.2) is 108 Å². The Bertz CT molecular complexity index is 1670. The Kier molecular flexibility index (Phi) is 11.8. The van der Waals surface area contributed by atoms with Gasteiger partial charge in [-0.1, -0.05) is 73.1 Å². The van der Waals surface area contributed by atoms with Gasteiger partial charge in [0.2, 0.25) is 5.79 Å². The monoisotopic (exact) mass is 683 g/mol. The van der Waals surface area contributed by atoms with Gasteiger partial charge in [-0.05, 0) is 84.2 Å². The van der Waals surface area contributed by atoms with E-state index in [0.29, 0.717) is 19.6 Å². The Morgan fingerprint density at radius 3 is 2.47 bits per heavy atom. The molecule has 1 aliphatic heterocycles. The minimum atomic E-state index is -1.03. The number of thioether (sulfide) groups is 1.